The Morgan fingerprint density at radius 1 is 1.07 bits per heavy atom. The van der Waals surface area contributed by atoms with Gasteiger partial charge in [0.05, 0.1) is 0 Å². The van der Waals surface area contributed by atoms with Crippen molar-refractivity contribution in [1.82, 2.24) is 0 Å². The van der Waals surface area contributed by atoms with Gasteiger partial charge in [-0.05, 0) is 37.5 Å². The Balaban J connectivity index is 1.97. The van der Waals surface area contributed by atoms with Gasteiger partial charge in [0.2, 0.25) is 0 Å². The van der Waals surface area contributed by atoms with Crippen LogP contribution in [0.25, 0.3) is 0 Å². The predicted octanol–water partition coefficient (Wildman–Crippen LogP) is 3.57. The summed E-state index contributed by atoms with van der Waals surface area (Å²) in [6, 6.07) is 0. The second-order valence-electron chi connectivity index (χ2n) is 5.31. The van der Waals surface area contributed by atoms with Gasteiger partial charge in [0.1, 0.15) is 5.78 Å². The zero-order chi connectivity index (χ0) is 9.97. The van der Waals surface area contributed by atoms with E-state index in [9.17, 15) is 4.79 Å². The quantitative estimate of drug-likeness (QED) is 0.656. The van der Waals surface area contributed by atoms with Crippen LogP contribution >= 0.6 is 0 Å². The lowest BCUT2D eigenvalue weighted by atomic mass is 9.64. The molecule has 2 aliphatic carbocycles. The highest BCUT2D eigenvalue weighted by Crippen LogP contribution is 2.44. The van der Waals surface area contributed by atoms with Gasteiger partial charge in [-0.15, -0.1) is 0 Å². The molecule has 2 saturated carbocycles. The Kier molecular flexibility index (Phi) is 3.25. The molecule has 0 aromatic carbocycles. The molecule has 0 aromatic heterocycles. The summed E-state index contributed by atoms with van der Waals surface area (Å²) in [6.07, 6.45) is 10.7. The maximum Gasteiger partial charge on any atom is 0.130 e. The third kappa shape index (κ3) is 2.18. The van der Waals surface area contributed by atoms with Crippen molar-refractivity contribution in [3.63, 3.8) is 0 Å². The molecule has 0 saturated heterocycles. The second kappa shape index (κ2) is 4.46. The number of Topliss-reactive ketones (excluding diaryl/α,β-unsaturated/α-hetero) is 1. The number of rotatable bonds is 2. The molecule has 0 radical (unpaired) electrons. The van der Waals surface area contributed by atoms with Crippen LogP contribution in [0, 0.1) is 17.8 Å². The van der Waals surface area contributed by atoms with Gasteiger partial charge in [0, 0.05) is 6.42 Å². The van der Waals surface area contributed by atoms with Crippen molar-refractivity contribution < 1.29 is 4.79 Å². The SMILES string of the molecule is CC(=O)CC1CCCC2CCCCC21. The molecule has 1 heteroatoms. The van der Waals surface area contributed by atoms with Gasteiger partial charge in [-0.2, -0.15) is 0 Å². The third-order valence-corrected chi connectivity index (χ3v) is 4.27. The largest absolute Gasteiger partial charge is 0.300 e. The number of fused-ring (bicyclic) bond motifs is 1. The van der Waals surface area contributed by atoms with Crippen LogP contribution in [0.5, 0.6) is 0 Å². The Bertz CT molecular complexity index is 207. The number of carbonyl (C=O) groups is 1. The van der Waals surface area contributed by atoms with Gasteiger partial charge in [-0.25, -0.2) is 0 Å². The Hall–Kier alpha value is -0.330. The summed E-state index contributed by atoms with van der Waals surface area (Å²) in [5.41, 5.74) is 0. The molecular formula is C13H22O. The van der Waals surface area contributed by atoms with Gasteiger partial charge in [-0.1, -0.05) is 32.1 Å². The lowest BCUT2D eigenvalue weighted by molar-refractivity contribution is -0.119. The van der Waals surface area contributed by atoms with Gasteiger partial charge in [-0.3, -0.25) is 0 Å². The molecule has 0 heterocycles. The fourth-order valence-electron chi connectivity index (χ4n) is 3.69. The summed E-state index contributed by atoms with van der Waals surface area (Å²) in [5.74, 6) is 3.02. The van der Waals surface area contributed by atoms with E-state index in [0.717, 1.165) is 24.2 Å². The molecule has 2 aliphatic rings. The Morgan fingerprint density at radius 3 is 2.57 bits per heavy atom. The third-order valence-electron chi connectivity index (χ3n) is 4.27. The van der Waals surface area contributed by atoms with Crippen LogP contribution in [0.15, 0.2) is 0 Å². The van der Waals surface area contributed by atoms with E-state index in [0.29, 0.717) is 5.78 Å². The minimum atomic E-state index is 0.404. The summed E-state index contributed by atoms with van der Waals surface area (Å²) >= 11 is 0. The van der Waals surface area contributed by atoms with Crippen molar-refractivity contribution in [3.8, 4) is 0 Å². The molecule has 1 nitrogen and oxygen atoms in total. The van der Waals surface area contributed by atoms with E-state index in [1.165, 1.54) is 44.9 Å². The fourth-order valence-corrected chi connectivity index (χ4v) is 3.69. The van der Waals surface area contributed by atoms with Crippen LogP contribution in [-0.4, -0.2) is 5.78 Å². The predicted molar refractivity (Wildman–Crippen MR) is 58.1 cm³/mol. The topological polar surface area (TPSA) is 17.1 Å². The van der Waals surface area contributed by atoms with Gasteiger partial charge < -0.3 is 4.79 Å². The molecule has 0 aliphatic heterocycles. The van der Waals surface area contributed by atoms with E-state index in [2.05, 4.69) is 0 Å². The van der Waals surface area contributed by atoms with E-state index in [-0.39, 0.29) is 0 Å². The normalized spacial score (nSPS) is 37.6. The summed E-state index contributed by atoms with van der Waals surface area (Å²) in [5, 5.41) is 0. The zero-order valence-corrected chi connectivity index (χ0v) is 9.30. The molecule has 3 unspecified atom stereocenters. The summed E-state index contributed by atoms with van der Waals surface area (Å²) in [6.45, 7) is 1.76. The minimum absolute atomic E-state index is 0.404. The standard InChI is InChI=1S/C13H22O/c1-10(14)9-12-7-4-6-11-5-2-3-8-13(11)12/h11-13H,2-9H2,1H3. The molecule has 0 bridgehead atoms. The van der Waals surface area contributed by atoms with Crippen LogP contribution < -0.4 is 0 Å². The van der Waals surface area contributed by atoms with Crippen molar-refractivity contribution >= 4 is 5.78 Å². The number of hydrogen-bond donors (Lipinski definition) is 0. The number of carbonyl (C=O) groups excluding carboxylic acids is 1. The van der Waals surface area contributed by atoms with Gasteiger partial charge in [0.25, 0.3) is 0 Å². The molecule has 80 valence electrons. The fraction of sp³-hybridized carbons (Fsp3) is 0.923. The molecule has 0 aromatic rings. The van der Waals surface area contributed by atoms with Crippen LogP contribution in [0.3, 0.4) is 0 Å². The van der Waals surface area contributed by atoms with E-state index in [1.54, 1.807) is 6.92 Å². The first-order chi connectivity index (χ1) is 6.77. The molecule has 14 heavy (non-hydrogen) atoms. The first-order valence-electron chi connectivity index (χ1n) is 6.27. The highest BCUT2D eigenvalue weighted by atomic mass is 16.1. The maximum atomic E-state index is 11.2. The van der Waals surface area contributed by atoms with Crippen LogP contribution in [-0.2, 0) is 4.79 Å². The lowest BCUT2D eigenvalue weighted by Crippen LogP contribution is -2.31. The first-order valence-corrected chi connectivity index (χ1v) is 6.27. The number of ketones is 1. The van der Waals surface area contributed by atoms with Gasteiger partial charge in [0.15, 0.2) is 0 Å². The van der Waals surface area contributed by atoms with E-state index in [4.69, 9.17) is 0 Å². The highest BCUT2D eigenvalue weighted by Gasteiger charge is 2.34. The van der Waals surface area contributed by atoms with Crippen LogP contribution in [0.1, 0.15) is 58.3 Å². The average Bonchev–Trinajstić information content (AvgIpc) is 2.18. The minimum Gasteiger partial charge on any atom is -0.300 e. The van der Waals surface area contributed by atoms with Crippen molar-refractivity contribution in [2.45, 2.75) is 58.3 Å². The smallest absolute Gasteiger partial charge is 0.130 e. The monoisotopic (exact) mass is 194 g/mol. The molecule has 3 atom stereocenters. The van der Waals surface area contributed by atoms with Crippen molar-refractivity contribution in [1.29, 1.82) is 0 Å². The Morgan fingerprint density at radius 2 is 1.79 bits per heavy atom. The molecule has 0 amide bonds. The van der Waals surface area contributed by atoms with Crippen molar-refractivity contribution in [2.24, 2.45) is 17.8 Å². The van der Waals surface area contributed by atoms with Crippen LogP contribution in [0.4, 0.5) is 0 Å². The molecule has 0 N–H and O–H groups in total. The summed E-state index contributed by atoms with van der Waals surface area (Å²) < 4.78 is 0. The maximum absolute atomic E-state index is 11.2. The summed E-state index contributed by atoms with van der Waals surface area (Å²) in [4.78, 5) is 11.2. The Labute approximate surface area is 87.3 Å². The molecule has 2 fully saturated rings. The van der Waals surface area contributed by atoms with E-state index < -0.39 is 0 Å². The number of hydrogen-bond acceptors (Lipinski definition) is 1. The molecule has 2 rings (SSSR count). The van der Waals surface area contributed by atoms with Crippen molar-refractivity contribution in [2.75, 3.05) is 0 Å². The molecular weight excluding hydrogens is 172 g/mol. The van der Waals surface area contributed by atoms with Crippen LogP contribution in [0.2, 0.25) is 0 Å². The van der Waals surface area contributed by atoms with E-state index in [1.807, 2.05) is 0 Å². The van der Waals surface area contributed by atoms with Crippen molar-refractivity contribution in [3.05, 3.63) is 0 Å². The lowest BCUT2D eigenvalue weighted by Gasteiger charge is -2.41. The average molecular weight is 194 g/mol. The first kappa shape index (κ1) is 10.2. The highest BCUT2D eigenvalue weighted by molar-refractivity contribution is 5.75. The second-order valence-corrected chi connectivity index (χ2v) is 5.31. The van der Waals surface area contributed by atoms with E-state index >= 15 is 0 Å². The zero-order valence-electron chi connectivity index (χ0n) is 9.30. The molecule has 0 spiro atoms. The summed E-state index contributed by atoms with van der Waals surface area (Å²) in [7, 11) is 0. The van der Waals surface area contributed by atoms with Gasteiger partial charge >= 0.3 is 0 Å².